The number of rotatable bonds is 1. The quantitative estimate of drug-likeness (QED) is 0.659. The van der Waals surface area contributed by atoms with E-state index in [-0.39, 0.29) is 0 Å². The van der Waals surface area contributed by atoms with Crippen LogP contribution in [-0.2, 0) is 0 Å². The molecule has 0 amide bonds. The average Bonchev–Trinajstić information content (AvgIpc) is 2.48. The molecule has 2 heteroatoms. The lowest BCUT2D eigenvalue weighted by atomic mass is 10.1. The van der Waals surface area contributed by atoms with Crippen LogP contribution >= 0.6 is 0 Å². The van der Waals surface area contributed by atoms with Crippen molar-refractivity contribution in [1.82, 2.24) is 5.01 Å². The van der Waals surface area contributed by atoms with Gasteiger partial charge >= 0.3 is 0 Å². The molecule has 0 spiro atoms. The highest BCUT2D eigenvalue weighted by atomic mass is 15.4. The highest BCUT2D eigenvalue weighted by Crippen LogP contribution is 2.15. The summed E-state index contributed by atoms with van der Waals surface area (Å²) in [5.74, 6) is 5.82. The Hall–Kier alpha value is -0.0800. The van der Waals surface area contributed by atoms with Crippen LogP contribution in [0.25, 0.3) is 0 Å². The Bertz CT molecular complexity index is 94.3. The van der Waals surface area contributed by atoms with Crippen LogP contribution < -0.4 is 5.84 Å². The molecule has 1 aliphatic heterocycles. The molecular weight excluding hydrogens is 172 g/mol. The zero-order valence-corrected chi connectivity index (χ0v) is 10.8. The van der Waals surface area contributed by atoms with Gasteiger partial charge in [0.05, 0.1) is 0 Å². The Morgan fingerprint density at radius 2 is 1.64 bits per heavy atom. The van der Waals surface area contributed by atoms with Crippen molar-refractivity contribution in [2.75, 3.05) is 6.54 Å². The van der Waals surface area contributed by atoms with Crippen LogP contribution in [0.2, 0.25) is 0 Å². The number of nitrogens with zero attached hydrogens (tertiary/aromatic N) is 1. The van der Waals surface area contributed by atoms with Crippen molar-refractivity contribution in [3.8, 4) is 0 Å². The summed E-state index contributed by atoms with van der Waals surface area (Å²) in [6.07, 6.45) is 6.52. The number of hydrazine groups is 1. The van der Waals surface area contributed by atoms with Gasteiger partial charge < -0.3 is 0 Å². The average molecular weight is 202 g/mol. The Labute approximate surface area is 90.8 Å². The van der Waals surface area contributed by atoms with Crippen LogP contribution in [0.4, 0.5) is 0 Å². The van der Waals surface area contributed by atoms with Crippen molar-refractivity contribution >= 4 is 0 Å². The molecule has 0 aliphatic carbocycles. The zero-order valence-electron chi connectivity index (χ0n) is 10.8. The largest absolute Gasteiger partial charge is 0.269 e. The number of hydrogen-bond acceptors (Lipinski definition) is 2. The van der Waals surface area contributed by atoms with Crippen molar-refractivity contribution in [2.24, 2.45) is 5.84 Å². The molecule has 0 aromatic rings. The summed E-state index contributed by atoms with van der Waals surface area (Å²) in [5, 5.41) is 2.02. The van der Waals surface area contributed by atoms with Crippen LogP contribution in [-0.4, -0.2) is 17.6 Å². The van der Waals surface area contributed by atoms with Gasteiger partial charge in [-0.15, -0.1) is 0 Å². The summed E-state index contributed by atoms with van der Waals surface area (Å²) in [7, 11) is 0. The number of nitrogens with two attached hydrogens (primary N) is 1. The Kier molecular flexibility index (Phi) is 15.1. The minimum atomic E-state index is 0.655. The van der Waals surface area contributed by atoms with E-state index in [2.05, 4.69) is 6.92 Å². The molecule has 2 nitrogen and oxygen atoms in total. The van der Waals surface area contributed by atoms with Crippen LogP contribution in [0, 0.1) is 0 Å². The molecule has 0 aromatic carbocycles. The van der Waals surface area contributed by atoms with Gasteiger partial charge in [-0.05, 0) is 19.3 Å². The minimum Gasteiger partial charge on any atom is -0.269 e. The third kappa shape index (κ3) is 7.34. The van der Waals surface area contributed by atoms with Crippen LogP contribution in [0.3, 0.4) is 0 Å². The lowest BCUT2D eigenvalue weighted by molar-refractivity contribution is 0.199. The Morgan fingerprint density at radius 1 is 1.07 bits per heavy atom. The second-order valence-electron chi connectivity index (χ2n) is 3.15. The first-order valence-electron chi connectivity index (χ1n) is 6.36. The van der Waals surface area contributed by atoms with Gasteiger partial charge in [0.15, 0.2) is 0 Å². The van der Waals surface area contributed by atoms with E-state index in [1.165, 1.54) is 32.1 Å². The highest BCUT2D eigenvalue weighted by molar-refractivity contribution is 4.69. The summed E-state index contributed by atoms with van der Waals surface area (Å²) in [6, 6.07) is 0.655. The fourth-order valence-corrected chi connectivity index (χ4v) is 1.64. The standard InChI is InChI=1S/C8H18N2.2C2H6/c1-2-8-6-4-3-5-7-10(8)9;2*1-2/h8H,2-7,9H2,1H3;2*1-2H3. The van der Waals surface area contributed by atoms with Gasteiger partial charge in [0, 0.05) is 12.6 Å². The van der Waals surface area contributed by atoms with Gasteiger partial charge in [0.1, 0.15) is 0 Å². The molecule has 14 heavy (non-hydrogen) atoms. The van der Waals surface area contributed by atoms with Crippen molar-refractivity contribution in [2.45, 2.75) is 72.8 Å². The lowest BCUT2D eigenvalue weighted by Gasteiger charge is -2.23. The molecule has 1 fully saturated rings. The van der Waals surface area contributed by atoms with Gasteiger partial charge in [-0.2, -0.15) is 0 Å². The van der Waals surface area contributed by atoms with E-state index in [0.717, 1.165) is 6.54 Å². The fourth-order valence-electron chi connectivity index (χ4n) is 1.64. The second-order valence-corrected chi connectivity index (χ2v) is 3.15. The first kappa shape index (κ1) is 16.4. The molecule has 1 heterocycles. The van der Waals surface area contributed by atoms with E-state index in [1.54, 1.807) is 0 Å². The zero-order chi connectivity index (χ0) is 11.4. The van der Waals surface area contributed by atoms with Gasteiger partial charge in [-0.25, -0.2) is 5.01 Å². The first-order chi connectivity index (χ1) is 6.84. The van der Waals surface area contributed by atoms with Gasteiger partial charge in [0.25, 0.3) is 0 Å². The molecule has 0 aromatic heterocycles. The molecule has 0 bridgehead atoms. The second kappa shape index (κ2) is 12.9. The first-order valence-corrected chi connectivity index (χ1v) is 6.36. The fraction of sp³-hybridized carbons (Fsp3) is 1.00. The van der Waals surface area contributed by atoms with Crippen molar-refractivity contribution in [3.63, 3.8) is 0 Å². The molecule has 1 saturated heterocycles. The van der Waals surface area contributed by atoms with Gasteiger partial charge in [0.2, 0.25) is 0 Å². The topological polar surface area (TPSA) is 29.3 Å². The summed E-state index contributed by atoms with van der Waals surface area (Å²) in [6.45, 7) is 11.3. The maximum Gasteiger partial charge on any atom is 0.0238 e. The minimum absolute atomic E-state index is 0.655. The van der Waals surface area contributed by atoms with E-state index < -0.39 is 0 Å². The van der Waals surface area contributed by atoms with Crippen molar-refractivity contribution < 1.29 is 0 Å². The maximum atomic E-state index is 5.82. The lowest BCUT2D eigenvalue weighted by Crippen LogP contribution is -2.40. The normalized spacial score (nSPS) is 22.3. The molecule has 88 valence electrons. The van der Waals surface area contributed by atoms with Gasteiger partial charge in [-0.3, -0.25) is 5.84 Å². The maximum absolute atomic E-state index is 5.82. The molecule has 1 rings (SSSR count). The van der Waals surface area contributed by atoms with Crippen LogP contribution in [0.5, 0.6) is 0 Å². The predicted molar refractivity (Wildman–Crippen MR) is 66.1 cm³/mol. The molecule has 1 aliphatic rings. The van der Waals surface area contributed by atoms with Crippen LogP contribution in [0.1, 0.15) is 66.7 Å². The SMILES string of the molecule is CC.CC.CCC1CCCCCN1N. The van der Waals surface area contributed by atoms with E-state index >= 15 is 0 Å². The third-order valence-electron chi connectivity index (χ3n) is 2.39. The molecular formula is C12H30N2. The molecule has 0 saturated carbocycles. The molecule has 2 N–H and O–H groups in total. The summed E-state index contributed by atoms with van der Waals surface area (Å²) in [4.78, 5) is 0. The van der Waals surface area contributed by atoms with E-state index in [9.17, 15) is 0 Å². The van der Waals surface area contributed by atoms with Crippen molar-refractivity contribution in [3.05, 3.63) is 0 Å². The van der Waals surface area contributed by atoms with E-state index in [0.29, 0.717) is 6.04 Å². The highest BCUT2D eigenvalue weighted by Gasteiger charge is 2.15. The Morgan fingerprint density at radius 3 is 2.14 bits per heavy atom. The third-order valence-corrected chi connectivity index (χ3v) is 2.39. The molecule has 0 radical (unpaired) electrons. The summed E-state index contributed by atoms with van der Waals surface area (Å²) < 4.78 is 0. The van der Waals surface area contributed by atoms with E-state index in [4.69, 9.17) is 5.84 Å². The van der Waals surface area contributed by atoms with Crippen LogP contribution in [0.15, 0.2) is 0 Å². The van der Waals surface area contributed by atoms with E-state index in [1.807, 2.05) is 32.7 Å². The predicted octanol–water partition coefficient (Wildman–Crippen LogP) is 3.57. The smallest absolute Gasteiger partial charge is 0.0238 e. The monoisotopic (exact) mass is 202 g/mol. The molecule has 1 unspecified atom stereocenters. The summed E-state index contributed by atoms with van der Waals surface area (Å²) >= 11 is 0. The summed E-state index contributed by atoms with van der Waals surface area (Å²) in [5.41, 5.74) is 0. The molecule has 1 atom stereocenters. The van der Waals surface area contributed by atoms with Crippen molar-refractivity contribution in [1.29, 1.82) is 0 Å². The Balaban J connectivity index is 0. The van der Waals surface area contributed by atoms with Gasteiger partial charge in [-0.1, -0.05) is 47.5 Å². The number of hydrogen-bond donors (Lipinski definition) is 1.